The van der Waals surface area contributed by atoms with Crippen LogP contribution in [0.25, 0.3) is 0 Å². The summed E-state index contributed by atoms with van der Waals surface area (Å²) in [6.07, 6.45) is 4.56. The van der Waals surface area contributed by atoms with Gasteiger partial charge < -0.3 is 16.0 Å². The first kappa shape index (κ1) is 12.2. The van der Waals surface area contributed by atoms with E-state index in [1.807, 2.05) is 0 Å². The molecule has 96 valence electrons. The fourth-order valence-corrected chi connectivity index (χ4v) is 2.13. The number of nitrogens with one attached hydrogen (secondary N) is 1. The van der Waals surface area contributed by atoms with Crippen LogP contribution in [-0.2, 0) is 4.79 Å². The van der Waals surface area contributed by atoms with E-state index in [-0.39, 0.29) is 5.91 Å². The molecule has 0 unspecified atom stereocenters. The van der Waals surface area contributed by atoms with Crippen molar-refractivity contribution >= 4 is 11.9 Å². The normalized spacial score (nSPS) is 22.6. The van der Waals surface area contributed by atoms with E-state index in [1.165, 1.54) is 12.8 Å². The predicted molar refractivity (Wildman–Crippen MR) is 67.6 cm³/mol. The summed E-state index contributed by atoms with van der Waals surface area (Å²) >= 11 is 0. The fourth-order valence-electron chi connectivity index (χ4n) is 2.13. The van der Waals surface area contributed by atoms with E-state index in [4.69, 9.17) is 5.73 Å². The van der Waals surface area contributed by atoms with E-state index >= 15 is 0 Å². The first-order valence-electron chi connectivity index (χ1n) is 6.48. The van der Waals surface area contributed by atoms with E-state index in [1.54, 1.807) is 6.92 Å². The Morgan fingerprint density at radius 3 is 2.53 bits per heavy atom. The number of aliphatic imine (C=N–C) groups is 1. The van der Waals surface area contributed by atoms with E-state index in [2.05, 4.69) is 15.2 Å². The SMILES string of the molecule is CC(=O)NCC1CCN(C(N)=NC2CC2)CC1. The lowest BCUT2D eigenvalue weighted by atomic mass is 9.97. The molecule has 5 nitrogen and oxygen atoms in total. The molecule has 2 aliphatic rings. The first-order chi connectivity index (χ1) is 8.15. The number of piperidine rings is 1. The summed E-state index contributed by atoms with van der Waals surface area (Å²) in [5, 5.41) is 2.88. The van der Waals surface area contributed by atoms with Crippen LogP contribution in [0.5, 0.6) is 0 Å². The van der Waals surface area contributed by atoms with Crippen LogP contribution in [0.15, 0.2) is 4.99 Å². The van der Waals surface area contributed by atoms with Gasteiger partial charge in [-0.25, -0.2) is 4.99 Å². The third-order valence-electron chi connectivity index (χ3n) is 3.44. The second-order valence-corrected chi connectivity index (χ2v) is 5.09. The van der Waals surface area contributed by atoms with Crippen molar-refractivity contribution in [3.05, 3.63) is 0 Å². The van der Waals surface area contributed by atoms with Gasteiger partial charge in [0.2, 0.25) is 5.91 Å². The number of guanidine groups is 1. The minimum atomic E-state index is 0.0576. The zero-order valence-electron chi connectivity index (χ0n) is 10.5. The number of likely N-dealkylation sites (tertiary alicyclic amines) is 1. The molecule has 0 aromatic heterocycles. The lowest BCUT2D eigenvalue weighted by Crippen LogP contribution is -2.44. The number of hydrogen-bond acceptors (Lipinski definition) is 2. The lowest BCUT2D eigenvalue weighted by molar-refractivity contribution is -0.119. The van der Waals surface area contributed by atoms with Crippen LogP contribution >= 0.6 is 0 Å². The van der Waals surface area contributed by atoms with Crippen molar-refractivity contribution in [3.63, 3.8) is 0 Å². The zero-order chi connectivity index (χ0) is 12.3. The molecular weight excluding hydrogens is 216 g/mol. The number of hydrogen-bond donors (Lipinski definition) is 2. The Morgan fingerprint density at radius 2 is 2.00 bits per heavy atom. The standard InChI is InChI=1S/C12H22N4O/c1-9(17)14-8-10-4-6-16(7-5-10)12(13)15-11-2-3-11/h10-11H,2-8H2,1H3,(H2,13,15)(H,14,17). The lowest BCUT2D eigenvalue weighted by Gasteiger charge is -2.32. The van der Waals surface area contributed by atoms with Gasteiger partial charge in [0.25, 0.3) is 0 Å². The Balaban J connectivity index is 1.71. The quantitative estimate of drug-likeness (QED) is 0.549. The molecule has 0 atom stereocenters. The van der Waals surface area contributed by atoms with Gasteiger partial charge in [-0.2, -0.15) is 0 Å². The Morgan fingerprint density at radius 1 is 1.35 bits per heavy atom. The summed E-state index contributed by atoms with van der Waals surface area (Å²) in [5.41, 5.74) is 5.96. The van der Waals surface area contributed by atoms with Crippen molar-refractivity contribution in [2.45, 2.75) is 38.6 Å². The minimum Gasteiger partial charge on any atom is -0.370 e. The van der Waals surface area contributed by atoms with E-state index < -0.39 is 0 Å². The van der Waals surface area contributed by atoms with Crippen LogP contribution in [0.2, 0.25) is 0 Å². The maximum Gasteiger partial charge on any atom is 0.216 e. The van der Waals surface area contributed by atoms with Gasteiger partial charge in [-0.1, -0.05) is 0 Å². The first-order valence-corrected chi connectivity index (χ1v) is 6.48. The van der Waals surface area contributed by atoms with Gasteiger partial charge in [-0.3, -0.25) is 4.79 Å². The number of nitrogens with zero attached hydrogens (tertiary/aromatic N) is 2. The number of carbonyl (C=O) groups excluding carboxylic acids is 1. The Hall–Kier alpha value is -1.26. The highest BCUT2D eigenvalue weighted by atomic mass is 16.1. The van der Waals surface area contributed by atoms with E-state index in [0.29, 0.717) is 17.9 Å². The summed E-state index contributed by atoms with van der Waals surface area (Å²) in [6, 6.07) is 0.493. The van der Waals surface area contributed by atoms with Gasteiger partial charge in [-0.05, 0) is 31.6 Å². The molecule has 2 fully saturated rings. The monoisotopic (exact) mass is 238 g/mol. The van der Waals surface area contributed by atoms with Gasteiger partial charge in [0.15, 0.2) is 5.96 Å². The molecule has 17 heavy (non-hydrogen) atoms. The molecule has 5 heteroatoms. The zero-order valence-corrected chi connectivity index (χ0v) is 10.5. The summed E-state index contributed by atoms with van der Waals surface area (Å²) < 4.78 is 0. The molecule has 0 aromatic carbocycles. The van der Waals surface area contributed by atoms with Crippen LogP contribution in [0, 0.1) is 5.92 Å². The smallest absolute Gasteiger partial charge is 0.216 e. The second-order valence-electron chi connectivity index (χ2n) is 5.09. The van der Waals surface area contributed by atoms with Gasteiger partial charge in [0, 0.05) is 26.6 Å². The molecule has 1 amide bonds. The summed E-state index contributed by atoms with van der Waals surface area (Å²) in [4.78, 5) is 17.5. The van der Waals surface area contributed by atoms with E-state index in [0.717, 1.165) is 32.5 Å². The molecule has 2 rings (SSSR count). The van der Waals surface area contributed by atoms with Crippen molar-refractivity contribution in [1.82, 2.24) is 10.2 Å². The average Bonchev–Trinajstić information content (AvgIpc) is 3.11. The minimum absolute atomic E-state index is 0.0576. The number of carbonyl (C=O) groups is 1. The Labute approximate surface area is 102 Å². The summed E-state index contributed by atoms with van der Waals surface area (Å²) in [5.74, 6) is 1.36. The highest BCUT2D eigenvalue weighted by Gasteiger charge is 2.24. The molecule has 0 spiro atoms. The molecule has 1 aliphatic heterocycles. The fraction of sp³-hybridized carbons (Fsp3) is 0.833. The molecule has 0 aromatic rings. The highest BCUT2D eigenvalue weighted by Crippen LogP contribution is 2.24. The summed E-state index contributed by atoms with van der Waals surface area (Å²) in [7, 11) is 0. The highest BCUT2D eigenvalue weighted by molar-refractivity contribution is 5.78. The predicted octanol–water partition coefficient (Wildman–Crippen LogP) is 0.312. The van der Waals surface area contributed by atoms with E-state index in [9.17, 15) is 4.79 Å². The second kappa shape index (κ2) is 5.38. The van der Waals surface area contributed by atoms with Gasteiger partial charge >= 0.3 is 0 Å². The van der Waals surface area contributed by atoms with Crippen LogP contribution in [0.4, 0.5) is 0 Å². The van der Waals surface area contributed by atoms with Gasteiger partial charge in [0.05, 0.1) is 6.04 Å². The third-order valence-corrected chi connectivity index (χ3v) is 3.44. The molecule has 1 saturated heterocycles. The largest absolute Gasteiger partial charge is 0.370 e. The van der Waals surface area contributed by atoms with Crippen LogP contribution in [-0.4, -0.2) is 42.4 Å². The maximum atomic E-state index is 10.8. The molecule has 0 radical (unpaired) electrons. The summed E-state index contributed by atoms with van der Waals surface area (Å²) in [6.45, 7) is 4.29. The Kier molecular flexibility index (Phi) is 3.86. The molecule has 0 bridgehead atoms. The van der Waals surface area contributed by atoms with Crippen molar-refractivity contribution in [2.24, 2.45) is 16.6 Å². The number of rotatable bonds is 3. The molecular formula is C12H22N4O. The topological polar surface area (TPSA) is 70.7 Å². The van der Waals surface area contributed by atoms with Crippen molar-refractivity contribution in [1.29, 1.82) is 0 Å². The van der Waals surface area contributed by atoms with Crippen molar-refractivity contribution in [2.75, 3.05) is 19.6 Å². The number of amides is 1. The van der Waals surface area contributed by atoms with Gasteiger partial charge in [-0.15, -0.1) is 0 Å². The Bertz CT molecular complexity index is 304. The van der Waals surface area contributed by atoms with Crippen LogP contribution in [0.3, 0.4) is 0 Å². The number of nitrogens with two attached hydrogens (primary N) is 1. The maximum absolute atomic E-state index is 10.8. The molecule has 1 heterocycles. The molecule has 3 N–H and O–H groups in total. The van der Waals surface area contributed by atoms with Crippen LogP contribution < -0.4 is 11.1 Å². The molecule has 1 saturated carbocycles. The third kappa shape index (κ3) is 3.91. The van der Waals surface area contributed by atoms with Crippen molar-refractivity contribution in [3.8, 4) is 0 Å². The van der Waals surface area contributed by atoms with Crippen LogP contribution in [0.1, 0.15) is 32.6 Å². The average molecular weight is 238 g/mol. The van der Waals surface area contributed by atoms with Gasteiger partial charge in [0.1, 0.15) is 0 Å². The van der Waals surface area contributed by atoms with Crippen molar-refractivity contribution < 1.29 is 4.79 Å². The molecule has 1 aliphatic carbocycles.